The van der Waals surface area contributed by atoms with E-state index in [4.69, 9.17) is 5.73 Å². The van der Waals surface area contributed by atoms with E-state index in [1.165, 1.54) is 32.5 Å². The average molecular weight is 241 g/mol. The third kappa shape index (κ3) is 4.57. The summed E-state index contributed by atoms with van der Waals surface area (Å²) in [7, 11) is 2.24. The van der Waals surface area contributed by atoms with Crippen molar-refractivity contribution < 1.29 is 0 Å². The molecule has 2 N–H and O–H groups in total. The van der Waals surface area contributed by atoms with Crippen molar-refractivity contribution in [3.63, 3.8) is 0 Å². The van der Waals surface area contributed by atoms with Crippen molar-refractivity contribution in [1.82, 2.24) is 9.80 Å². The van der Waals surface area contributed by atoms with Gasteiger partial charge < -0.3 is 10.6 Å². The zero-order valence-corrected chi connectivity index (χ0v) is 12.4. The van der Waals surface area contributed by atoms with Gasteiger partial charge in [-0.3, -0.25) is 4.90 Å². The zero-order valence-electron chi connectivity index (χ0n) is 12.4. The molecule has 2 atom stereocenters. The number of nitrogens with zero attached hydrogens (tertiary/aromatic N) is 2. The van der Waals surface area contributed by atoms with Crippen LogP contribution in [0.3, 0.4) is 0 Å². The summed E-state index contributed by atoms with van der Waals surface area (Å²) in [4.78, 5) is 5.10. The third-order valence-electron chi connectivity index (χ3n) is 4.32. The Kier molecular flexibility index (Phi) is 5.42. The van der Waals surface area contributed by atoms with Crippen molar-refractivity contribution in [2.75, 3.05) is 33.2 Å². The summed E-state index contributed by atoms with van der Waals surface area (Å²) in [6.45, 7) is 13.6. The molecule has 1 rings (SSSR count). The largest absolute Gasteiger partial charge is 0.330 e. The summed E-state index contributed by atoms with van der Waals surface area (Å²) in [6.07, 6.45) is 2.51. The van der Waals surface area contributed by atoms with E-state index in [2.05, 4.69) is 44.5 Å². The molecule has 1 aliphatic rings. The molecule has 3 heteroatoms. The van der Waals surface area contributed by atoms with Crippen molar-refractivity contribution in [2.24, 2.45) is 11.1 Å². The van der Waals surface area contributed by atoms with Gasteiger partial charge in [0.15, 0.2) is 0 Å². The van der Waals surface area contributed by atoms with Crippen molar-refractivity contribution >= 4 is 0 Å². The molecule has 0 aromatic carbocycles. The maximum atomic E-state index is 5.77. The van der Waals surface area contributed by atoms with Gasteiger partial charge >= 0.3 is 0 Å². The Morgan fingerprint density at radius 2 is 1.71 bits per heavy atom. The van der Waals surface area contributed by atoms with Gasteiger partial charge in [-0.25, -0.2) is 0 Å². The predicted molar refractivity (Wildman–Crippen MR) is 75.2 cm³/mol. The van der Waals surface area contributed by atoms with E-state index in [0.29, 0.717) is 17.5 Å². The van der Waals surface area contributed by atoms with Crippen LogP contribution >= 0.6 is 0 Å². The molecule has 0 spiro atoms. The van der Waals surface area contributed by atoms with Gasteiger partial charge in [0.1, 0.15) is 0 Å². The van der Waals surface area contributed by atoms with Crippen molar-refractivity contribution in [1.29, 1.82) is 0 Å². The van der Waals surface area contributed by atoms with Crippen molar-refractivity contribution in [3.05, 3.63) is 0 Å². The van der Waals surface area contributed by atoms with E-state index < -0.39 is 0 Å². The first-order chi connectivity index (χ1) is 7.85. The molecule has 0 bridgehead atoms. The first-order valence-corrected chi connectivity index (χ1v) is 7.00. The first kappa shape index (κ1) is 14.9. The molecule has 1 aliphatic heterocycles. The van der Waals surface area contributed by atoms with Crippen molar-refractivity contribution in [2.45, 2.75) is 52.6 Å². The Balaban J connectivity index is 2.29. The lowest BCUT2D eigenvalue weighted by Crippen LogP contribution is -2.55. The lowest BCUT2D eigenvalue weighted by atomic mass is 9.88. The molecule has 0 amide bonds. The van der Waals surface area contributed by atoms with Gasteiger partial charge in [0.25, 0.3) is 0 Å². The molecule has 1 heterocycles. The van der Waals surface area contributed by atoms with Gasteiger partial charge in [0.2, 0.25) is 0 Å². The molecular formula is C14H31N3. The van der Waals surface area contributed by atoms with Gasteiger partial charge in [0, 0.05) is 25.2 Å². The summed E-state index contributed by atoms with van der Waals surface area (Å²) in [5, 5.41) is 0. The molecule has 2 unspecified atom stereocenters. The van der Waals surface area contributed by atoms with Crippen LogP contribution in [0.4, 0.5) is 0 Å². The van der Waals surface area contributed by atoms with Crippen LogP contribution in [0.1, 0.15) is 40.5 Å². The monoisotopic (exact) mass is 241 g/mol. The lowest BCUT2D eigenvalue weighted by Gasteiger charge is -2.42. The molecule has 0 radical (unpaired) electrons. The second-order valence-corrected chi connectivity index (χ2v) is 6.59. The highest BCUT2D eigenvalue weighted by Crippen LogP contribution is 2.21. The Hall–Kier alpha value is -0.120. The number of likely N-dealkylation sites (N-methyl/N-ethyl adjacent to an activating group) is 1. The van der Waals surface area contributed by atoms with Crippen molar-refractivity contribution in [3.8, 4) is 0 Å². The Morgan fingerprint density at radius 3 is 2.18 bits per heavy atom. The van der Waals surface area contributed by atoms with E-state index >= 15 is 0 Å². The number of hydrogen-bond acceptors (Lipinski definition) is 3. The van der Waals surface area contributed by atoms with Crippen LogP contribution in [0.15, 0.2) is 0 Å². The topological polar surface area (TPSA) is 32.5 Å². The standard InChI is InChI=1S/C14H31N3/c1-12-9-17(10-13(2)16(12)5)8-6-7-14(3,4)11-15/h12-13H,6-11,15H2,1-5H3. The number of hydrogen-bond donors (Lipinski definition) is 1. The minimum absolute atomic E-state index is 0.309. The number of rotatable bonds is 5. The van der Waals surface area contributed by atoms with Gasteiger partial charge in [0.05, 0.1) is 0 Å². The second kappa shape index (κ2) is 6.17. The summed E-state index contributed by atoms with van der Waals surface area (Å²) in [5.41, 5.74) is 6.08. The highest BCUT2D eigenvalue weighted by Gasteiger charge is 2.26. The lowest BCUT2D eigenvalue weighted by molar-refractivity contribution is 0.0575. The normalized spacial score (nSPS) is 28.6. The maximum absolute atomic E-state index is 5.77. The van der Waals surface area contributed by atoms with Gasteiger partial charge in [-0.15, -0.1) is 0 Å². The first-order valence-electron chi connectivity index (χ1n) is 7.00. The maximum Gasteiger partial charge on any atom is 0.0195 e. The molecule has 0 aliphatic carbocycles. The Bertz CT molecular complexity index is 216. The fourth-order valence-corrected chi connectivity index (χ4v) is 2.58. The highest BCUT2D eigenvalue weighted by molar-refractivity contribution is 4.82. The third-order valence-corrected chi connectivity index (χ3v) is 4.32. The number of nitrogens with two attached hydrogens (primary N) is 1. The highest BCUT2D eigenvalue weighted by atomic mass is 15.3. The molecule has 17 heavy (non-hydrogen) atoms. The van der Waals surface area contributed by atoms with E-state index in [1.807, 2.05) is 0 Å². The molecule has 0 aromatic heterocycles. The van der Waals surface area contributed by atoms with Crippen LogP contribution in [0, 0.1) is 5.41 Å². The fraction of sp³-hybridized carbons (Fsp3) is 1.00. The van der Waals surface area contributed by atoms with Crippen LogP contribution in [-0.2, 0) is 0 Å². The van der Waals surface area contributed by atoms with Crippen LogP contribution in [0.2, 0.25) is 0 Å². The van der Waals surface area contributed by atoms with Gasteiger partial charge in [-0.1, -0.05) is 13.8 Å². The fourth-order valence-electron chi connectivity index (χ4n) is 2.58. The summed E-state index contributed by atoms with van der Waals surface area (Å²) < 4.78 is 0. The van der Waals surface area contributed by atoms with E-state index in [0.717, 1.165) is 6.54 Å². The predicted octanol–water partition coefficient (Wildman–Crippen LogP) is 1.78. The second-order valence-electron chi connectivity index (χ2n) is 6.59. The molecular weight excluding hydrogens is 210 g/mol. The molecule has 1 fully saturated rings. The number of piperazine rings is 1. The smallest absolute Gasteiger partial charge is 0.0195 e. The minimum atomic E-state index is 0.309. The molecule has 0 aromatic rings. The van der Waals surface area contributed by atoms with E-state index in [-0.39, 0.29) is 0 Å². The van der Waals surface area contributed by atoms with E-state index in [1.54, 1.807) is 0 Å². The van der Waals surface area contributed by atoms with E-state index in [9.17, 15) is 0 Å². The molecule has 1 saturated heterocycles. The molecule has 102 valence electrons. The van der Waals surface area contributed by atoms with Gasteiger partial charge in [-0.05, 0) is 52.2 Å². The summed E-state index contributed by atoms with van der Waals surface area (Å²) in [6, 6.07) is 1.36. The van der Waals surface area contributed by atoms with Crippen LogP contribution in [-0.4, -0.2) is 55.1 Å². The zero-order chi connectivity index (χ0) is 13.1. The summed E-state index contributed by atoms with van der Waals surface area (Å²) >= 11 is 0. The SMILES string of the molecule is CC1CN(CCCC(C)(C)CN)CC(C)N1C. The Morgan fingerprint density at radius 1 is 1.18 bits per heavy atom. The molecule has 3 nitrogen and oxygen atoms in total. The Labute approximate surface area is 107 Å². The average Bonchev–Trinajstić information content (AvgIpc) is 2.25. The van der Waals surface area contributed by atoms with Crippen LogP contribution in [0.5, 0.6) is 0 Å². The van der Waals surface area contributed by atoms with Crippen LogP contribution < -0.4 is 5.73 Å². The minimum Gasteiger partial charge on any atom is -0.330 e. The summed E-state index contributed by atoms with van der Waals surface area (Å²) in [5.74, 6) is 0. The van der Waals surface area contributed by atoms with Crippen LogP contribution in [0.25, 0.3) is 0 Å². The van der Waals surface area contributed by atoms with Gasteiger partial charge in [-0.2, -0.15) is 0 Å². The molecule has 0 saturated carbocycles. The quantitative estimate of drug-likeness (QED) is 0.796.